The van der Waals surface area contributed by atoms with Crippen LogP contribution in [-0.2, 0) is 0 Å². The van der Waals surface area contributed by atoms with Gasteiger partial charge in [0.15, 0.2) is 0 Å². The molecule has 15 heavy (non-hydrogen) atoms. The summed E-state index contributed by atoms with van der Waals surface area (Å²) in [4.78, 5) is 2.49. The predicted octanol–water partition coefficient (Wildman–Crippen LogP) is 2.10. The number of nitrogens with one attached hydrogen (secondary N) is 1. The Balaban J connectivity index is 1.82. The number of likely N-dealkylation sites (tertiary alicyclic amines) is 1. The van der Waals surface area contributed by atoms with E-state index in [1.54, 1.807) is 0 Å². The first kappa shape index (κ1) is 11.4. The zero-order valence-corrected chi connectivity index (χ0v) is 10.7. The van der Waals surface area contributed by atoms with E-state index in [1.807, 2.05) is 0 Å². The van der Waals surface area contributed by atoms with Gasteiger partial charge in [-0.15, -0.1) is 0 Å². The molecule has 2 fully saturated rings. The first-order chi connectivity index (χ1) is 7.11. The van der Waals surface area contributed by atoms with Gasteiger partial charge < -0.3 is 10.2 Å². The van der Waals surface area contributed by atoms with Crippen LogP contribution in [-0.4, -0.2) is 36.6 Å². The molecular weight excluding hydrogens is 184 g/mol. The molecule has 1 aliphatic heterocycles. The van der Waals surface area contributed by atoms with Crippen molar-refractivity contribution in [2.45, 2.75) is 58.2 Å². The fourth-order valence-electron chi connectivity index (χ4n) is 2.95. The molecule has 2 nitrogen and oxygen atoms in total. The fraction of sp³-hybridized carbons (Fsp3) is 1.00. The van der Waals surface area contributed by atoms with Crippen LogP contribution >= 0.6 is 0 Å². The molecule has 1 aliphatic carbocycles. The summed E-state index contributed by atoms with van der Waals surface area (Å²) in [5.74, 6) is 1.79. The minimum Gasteiger partial charge on any atom is -0.311 e. The Morgan fingerprint density at radius 2 is 1.93 bits per heavy atom. The normalized spacial score (nSPS) is 46.8. The van der Waals surface area contributed by atoms with Crippen LogP contribution < -0.4 is 5.32 Å². The third kappa shape index (κ3) is 2.54. The van der Waals surface area contributed by atoms with Gasteiger partial charge in [-0.2, -0.15) is 0 Å². The van der Waals surface area contributed by atoms with Crippen LogP contribution in [0.15, 0.2) is 0 Å². The smallest absolute Gasteiger partial charge is 0.0122 e. The Bertz CT molecular complexity index is 217. The van der Waals surface area contributed by atoms with Crippen molar-refractivity contribution in [1.82, 2.24) is 10.2 Å². The lowest BCUT2D eigenvalue weighted by Crippen LogP contribution is -2.51. The lowest BCUT2D eigenvalue weighted by atomic mass is 9.90. The maximum absolute atomic E-state index is 3.87. The molecular formula is C13H26N2. The van der Waals surface area contributed by atoms with E-state index in [-0.39, 0.29) is 0 Å². The molecule has 0 amide bonds. The molecule has 0 radical (unpaired) electrons. The minimum atomic E-state index is 0.748. The van der Waals surface area contributed by atoms with Crippen molar-refractivity contribution in [2.75, 3.05) is 13.6 Å². The molecule has 1 saturated carbocycles. The molecule has 0 aromatic carbocycles. The summed E-state index contributed by atoms with van der Waals surface area (Å²) < 4.78 is 0. The van der Waals surface area contributed by atoms with Gasteiger partial charge in [-0.05, 0) is 38.6 Å². The Morgan fingerprint density at radius 1 is 1.20 bits per heavy atom. The van der Waals surface area contributed by atoms with Crippen molar-refractivity contribution in [3.05, 3.63) is 0 Å². The highest BCUT2D eigenvalue weighted by Gasteiger charge is 2.39. The number of hydrogen-bond donors (Lipinski definition) is 1. The van der Waals surface area contributed by atoms with E-state index in [1.165, 1.54) is 25.8 Å². The summed E-state index contributed by atoms with van der Waals surface area (Å²) in [6.45, 7) is 8.31. The predicted molar refractivity (Wildman–Crippen MR) is 65.0 cm³/mol. The van der Waals surface area contributed by atoms with Crippen LogP contribution in [0.1, 0.15) is 40.0 Å². The van der Waals surface area contributed by atoms with Gasteiger partial charge in [0.1, 0.15) is 0 Å². The second-order valence-corrected chi connectivity index (χ2v) is 5.79. The molecule has 88 valence electrons. The van der Waals surface area contributed by atoms with Gasteiger partial charge in [0.05, 0.1) is 0 Å². The highest BCUT2D eigenvalue weighted by atomic mass is 15.2. The van der Waals surface area contributed by atoms with Gasteiger partial charge >= 0.3 is 0 Å². The molecule has 2 aliphatic rings. The van der Waals surface area contributed by atoms with Crippen molar-refractivity contribution in [3.8, 4) is 0 Å². The Hall–Kier alpha value is -0.0800. The van der Waals surface area contributed by atoms with Crippen molar-refractivity contribution in [3.63, 3.8) is 0 Å². The average Bonchev–Trinajstić information content (AvgIpc) is 2.93. The molecule has 1 saturated heterocycles. The molecule has 2 rings (SSSR count). The molecule has 1 heterocycles. The molecule has 0 spiro atoms. The molecule has 2 heteroatoms. The third-order valence-electron chi connectivity index (χ3n) is 4.49. The van der Waals surface area contributed by atoms with Crippen LogP contribution in [0.25, 0.3) is 0 Å². The fourth-order valence-corrected chi connectivity index (χ4v) is 2.95. The monoisotopic (exact) mass is 210 g/mol. The van der Waals surface area contributed by atoms with E-state index in [9.17, 15) is 0 Å². The van der Waals surface area contributed by atoms with E-state index in [0.717, 1.165) is 30.0 Å². The van der Waals surface area contributed by atoms with E-state index in [0.29, 0.717) is 0 Å². The summed E-state index contributed by atoms with van der Waals surface area (Å²) in [6.07, 6.45) is 4.10. The Labute approximate surface area is 94.4 Å². The maximum atomic E-state index is 3.87. The van der Waals surface area contributed by atoms with Crippen molar-refractivity contribution in [2.24, 2.45) is 11.8 Å². The second-order valence-electron chi connectivity index (χ2n) is 5.79. The quantitative estimate of drug-likeness (QED) is 0.767. The van der Waals surface area contributed by atoms with Crippen LogP contribution in [0, 0.1) is 11.8 Å². The van der Waals surface area contributed by atoms with Gasteiger partial charge in [0.25, 0.3) is 0 Å². The van der Waals surface area contributed by atoms with Crippen molar-refractivity contribution < 1.29 is 0 Å². The number of hydrogen-bond acceptors (Lipinski definition) is 2. The second kappa shape index (κ2) is 4.42. The number of rotatable bonds is 3. The molecule has 0 aromatic rings. The highest BCUT2D eigenvalue weighted by Crippen LogP contribution is 2.35. The van der Waals surface area contributed by atoms with Crippen LogP contribution in [0.5, 0.6) is 0 Å². The molecule has 1 N–H and O–H groups in total. The number of piperidine rings is 1. The van der Waals surface area contributed by atoms with Gasteiger partial charge in [-0.25, -0.2) is 0 Å². The Morgan fingerprint density at radius 3 is 2.53 bits per heavy atom. The molecule has 5 atom stereocenters. The topological polar surface area (TPSA) is 15.3 Å². The van der Waals surface area contributed by atoms with Gasteiger partial charge in [0, 0.05) is 24.7 Å². The van der Waals surface area contributed by atoms with E-state index >= 15 is 0 Å². The van der Waals surface area contributed by atoms with Crippen molar-refractivity contribution in [1.29, 1.82) is 0 Å². The largest absolute Gasteiger partial charge is 0.311 e. The molecule has 5 unspecified atom stereocenters. The molecule has 0 bridgehead atoms. The minimum absolute atomic E-state index is 0.748. The SMILES string of the molecule is CCC1CC1NC1CC(C)N(C)CC1C. The summed E-state index contributed by atoms with van der Waals surface area (Å²) >= 11 is 0. The van der Waals surface area contributed by atoms with E-state index in [2.05, 4.69) is 38.0 Å². The van der Waals surface area contributed by atoms with E-state index < -0.39 is 0 Å². The van der Waals surface area contributed by atoms with Crippen LogP contribution in [0.3, 0.4) is 0 Å². The van der Waals surface area contributed by atoms with Gasteiger partial charge in [-0.3, -0.25) is 0 Å². The standard InChI is InChI=1S/C13H26N2/c1-5-11-7-13(11)14-12-6-10(3)15(4)8-9(12)2/h9-14H,5-8H2,1-4H3. The first-order valence-corrected chi connectivity index (χ1v) is 6.58. The number of nitrogens with zero attached hydrogens (tertiary/aromatic N) is 1. The van der Waals surface area contributed by atoms with Crippen LogP contribution in [0.2, 0.25) is 0 Å². The zero-order chi connectivity index (χ0) is 11.0. The first-order valence-electron chi connectivity index (χ1n) is 6.58. The summed E-state index contributed by atoms with van der Waals surface area (Å²) in [6, 6.07) is 2.35. The van der Waals surface area contributed by atoms with Gasteiger partial charge in [0.2, 0.25) is 0 Å². The third-order valence-corrected chi connectivity index (χ3v) is 4.49. The lowest BCUT2D eigenvalue weighted by Gasteiger charge is -2.40. The highest BCUT2D eigenvalue weighted by molar-refractivity contribution is 4.97. The maximum Gasteiger partial charge on any atom is 0.0122 e. The van der Waals surface area contributed by atoms with E-state index in [4.69, 9.17) is 0 Å². The zero-order valence-electron chi connectivity index (χ0n) is 10.7. The molecule has 0 aromatic heterocycles. The summed E-state index contributed by atoms with van der Waals surface area (Å²) in [5.41, 5.74) is 0. The Kier molecular flexibility index (Phi) is 3.36. The van der Waals surface area contributed by atoms with Crippen molar-refractivity contribution >= 4 is 0 Å². The van der Waals surface area contributed by atoms with Crippen LogP contribution in [0.4, 0.5) is 0 Å². The summed E-state index contributed by atoms with van der Waals surface area (Å²) in [5, 5.41) is 3.87. The lowest BCUT2D eigenvalue weighted by molar-refractivity contribution is 0.120. The van der Waals surface area contributed by atoms with Gasteiger partial charge in [-0.1, -0.05) is 20.3 Å². The average molecular weight is 210 g/mol. The summed E-state index contributed by atoms with van der Waals surface area (Å²) in [7, 11) is 2.25.